The Morgan fingerprint density at radius 1 is 1.43 bits per heavy atom. The Hall–Kier alpha value is -2.25. The minimum absolute atomic E-state index is 0.138. The molecule has 0 aliphatic carbocycles. The number of nitrogens with one attached hydrogen (secondary N) is 1. The average molecular weight is 322 g/mol. The number of aromatic nitrogens is 1. The first-order valence-electron chi connectivity index (χ1n) is 7.23. The predicted molar refractivity (Wildman–Crippen MR) is 81.1 cm³/mol. The van der Waals surface area contributed by atoms with E-state index in [1.54, 1.807) is 18.3 Å². The first kappa shape index (κ1) is 17.1. The third kappa shape index (κ3) is 5.46. The number of aliphatic hydroxyl groups is 1. The number of aryl methyl sites for hydroxylation is 1. The van der Waals surface area contributed by atoms with Crippen LogP contribution >= 0.6 is 0 Å². The Kier molecular flexibility index (Phi) is 6.25. The normalized spacial score (nSPS) is 12.1. The van der Waals surface area contributed by atoms with Gasteiger partial charge >= 0.3 is 0 Å². The van der Waals surface area contributed by atoms with Crippen LogP contribution in [-0.2, 0) is 16.0 Å². The van der Waals surface area contributed by atoms with E-state index in [2.05, 4.69) is 10.3 Å². The third-order valence-corrected chi connectivity index (χ3v) is 3.14. The van der Waals surface area contributed by atoms with Gasteiger partial charge < -0.3 is 19.6 Å². The van der Waals surface area contributed by atoms with Gasteiger partial charge in [-0.05, 0) is 24.3 Å². The molecule has 1 atom stereocenters. The van der Waals surface area contributed by atoms with E-state index in [1.807, 2.05) is 0 Å². The molecule has 1 aromatic heterocycles. The number of halogens is 1. The first-order chi connectivity index (χ1) is 11.1. The molecule has 0 radical (unpaired) electrons. The molecule has 0 aliphatic rings. The zero-order valence-electron chi connectivity index (χ0n) is 12.8. The highest BCUT2D eigenvalue weighted by atomic mass is 19.1. The molecule has 6 nitrogen and oxygen atoms in total. The number of ether oxygens (including phenoxy) is 1. The standard InChI is InChI=1S/C16H19FN2O4/c1-22-10-13(20)8-18-15(21)6-7-16-19-9-14(23-16)11-2-4-12(17)5-3-11/h2-5,9,13,20H,6-8,10H2,1H3,(H,18,21). The van der Waals surface area contributed by atoms with E-state index >= 15 is 0 Å². The van der Waals surface area contributed by atoms with Crippen molar-refractivity contribution >= 4 is 5.91 Å². The minimum atomic E-state index is -0.726. The van der Waals surface area contributed by atoms with Crippen molar-refractivity contribution in [3.05, 3.63) is 42.2 Å². The van der Waals surface area contributed by atoms with E-state index in [4.69, 9.17) is 9.15 Å². The van der Waals surface area contributed by atoms with Gasteiger partial charge in [0.1, 0.15) is 5.82 Å². The summed E-state index contributed by atoms with van der Waals surface area (Å²) in [6, 6.07) is 5.89. The summed E-state index contributed by atoms with van der Waals surface area (Å²) in [5.74, 6) is 0.426. The van der Waals surface area contributed by atoms with Crippen molar-refractivity contribution < 1.29 is 23.4 Å². The van der Waals surface area contributed by atoms with E-state index in [0.29, 0.717) is 18.1 Å². The Balaban J connectivity index is 1.80. The molecule has 23 heavy (non-hydrogen) atoms. The molecule has 1 heterocycles. The van der Waals surface area contributed by atoms with Crippen molar-refractivity contribution in [3.63, 3.8) is 0 Å². The first-order valence-corrected chi connectivity index (χ1v) is 7.23. The van der Waals surface area contributed by atoms with Gasteiger partial charge in [0.2, 0.25) is 5.91 Å². The van der Waals surface area contributed by atoms with Crippen molar-refractivity contribution in [2.75, 3.05) is 20.3 Å². The lowest BCUT2D eigenvalue weighted by atomic mass is 10.2. The number of aliphatic hydroxyl groups excluding tert-OH is 1. The van der Waals surface area contributed by atoms with Gasteiger partial charge in [0.15, 0.2) is 11.7 Å². The Bertz CT molecular complexity index is 627. The number of hydrogen-bond acceptors (Lipinski definition) is 5. The summed E-state index contributed by atoms with van der Waals surface area (Å²) in [6.45, 7) is 0.306. The number of hydrogen-bond donors (Lipinski definition) is 2. The number of carbonyl (C=O) groups excluding carboxylic acids is 1. The Morgan fingerprint density at radius 2 is 2.17 bits per heavy atom. The van der Waals surface area contributed by atoms with E-state index in [0.717, 1.165) is 5.56 Å². The van der Waals surface area contributed by atoms with Crippen molar-refractivity contribution in [1.29, 1.82) is 0 Å². The molecule has 1 aromatic carbocycles. The lowest BCUT2D eigenvalue weighted by molar-refractivity contribution is -0.121. The molecule has 0 aliphatic heterocycles. The summed E-state index contributed by atoms with van der Waals surface area (Å²) in [4.78, 5) is 15.8. The summed E-state index contributed by atoms with van der Waals surface area (Å²) in [5, 5.41) is 12.0. The van der Waals surface area contributed by atoms with Gasteiger partial charge in [-0.15, -0.1) is 0 Å². The Labute approximate surface area is 133 Å². The highest BCUT2D eigenvalue weighted by Gasteiger charge is 2.10. The fourth-order valence-electron chi connectivity index (χ4n) is 1.97. The number of methoxy groups -OCH3 is 1. The summed E-state index contributed by atoms with van der Waals surface area (Å²) in [6.07, 6.45) is 1.36. The van der Waals surface area contributed by atoms with Gasteiger partial charge in [-0.1, -0.05) is 0 Å². The number of carbonyl (C=O) groups is 1. The minimum Gasteiger partial charge on any atom is -0.441 e. The quantitative estimate of drug-likeness (QED) is 0.770. The number of benzene rings is 1. The number of nitrogens with zero attached hydrogens (tertiary/aromatic N) is 1. The summed E-state index contributed by atoms with van der Waals surface area (Å²) in [5.41, 5.74) is 0.720. The maximum absolute atomic E-state index is 12.9. The van der Waals surface area contributed by atoms with Gasteiger partial charge in [-0.2, -0.15) is 0 Å². The highest BCUT2D eigenvalue weighted by molar-refractivity contribution is 5.76. The average Bonchev–Trinajstić information content (AvgIpc) is 3.01. The molecule has 7 heteroatoms. The molecule has 0 fully saturated rings. The van der Waals surface area contributed by atoms with E-state index in [1.165, 1.54) is 19.2 Å². The fraction of sp³-hybridized carbons (Fsp3) is 0.375. The topological polar surface area (TPSA) is 84.6 Å². The predicted octanol–water partition coefficient (Wildman–Crippen LogP) is 1.54. The summed E-state index contributed by atoms with van der Waals surface area (Å²) >= 11 is 0. The summed E-state index contributed by atoms with van der Waals surface area (Å²) < 4.78 is 23.2. The zero-order valence-corrected chi connectivity index (χ0v) is 12.8. The number of amides is 1. The molecule has 1 amide bonds. The second-order valence-corrected chi connectivity index (χ2v) is 5.04. The maximum atomic E-state index is 12.9. The molecule has 0 saturated heterocycles. The number of oxazole rings is 1. The lowest BCUT2D eigenvalue weighted by Gasteiger charge is -2.10. The van der Waals surface area contributed by atoms with Gasteiger partial charge in [-0.25, -0.2) is 9.37 Å². The maximum Gasteiger partial charge on any atom is 0.220 e. The van der Waals surface area contributed by atoms with Crippen LogP contribution in [0.1, 0.15) is 12.3 Å². The smallest absolute Gasteiger partial charge is 0.220 e. The van der Waals surface area contributed by atoms with E-state index in [9.17, 15) is 14.3 Å². The molecule has 2 aromatic rings. The molecule has 2 rings (SSSR count). The van der Waals surface area contributed by atoms with Crippen molar-refractivity contribution in [3.8, 4) is 11.3 Å². The highest BCUT2D eigenvalue weighted by Crippen LogP contribution is 2.21. The van der Waals surface area contributed by atoms with Crippen LogP contribution in [0.3, 0.4) is 0 Å². The van der Waals surface area contributed by atoms with Crippen LogP contribution in [0.5, 0.6) is 0 Å². The van der Waals surface area contributed by atoms with Crippen molar-refractivity contribution in [2.24, 2.45) is 0 Å². The second kappa shape index (κ2) is 8.40. The van der Waals surface area contributed by atoms with Crippen LogP contribution < -0.4 is 5.32 Å². The van der Waals surface area contributed by atoms with Crippen molar-refractivity contribution in [1.82, 2.24) is 10.3 Å². The van der Waals surface area contributed by atoms with Gasteiger partial charge in [-0.3, -0.25) is 4.79 Å². The van der Waals surface area contributed by atoms with Crippen LogP contribution in [0.4, 0.5) is 4.39 Å². The second-order valence-electron chi connectivity index (χ2n) is 5.04. The fourth-order valence-corrected chi connectivity index (χ4v) is 1.97. The molecule has 0 spiro atoms. The molecular weight excluding hydrogens is 303 g/mol. The molecule has 1 unspecified atom stereocenters. The number of rotatable bonds is 8. The SMILES string of the molecule is COCC(O)CNC(=O)CCc1ncc(-c2ccc(F)cc2)o1. The lowest BCUT2D eigenvalue weighted by Crippen LogP contribution is -2.34. The zero-order chi connectivity index (χ0) is 16.7. The van der Waals surface area contributed by atoms with E-state index < -0.39 is 6.10 Å². The Morgan fingerprint density at radius 3 is 2.87 bits per heavy atom. The van der Waals surface area contributed by atoms with Gasteiger partial charge in [0.05, 0.1) is 18.9 Å². The largest absolute Gasteiger partial charge is 0.441 e. The van der Waals surface area contributed by atoms with Crippen LogP contribution in [0.25, 0.3) is 11.3 Å². The van der Waals surface area contributed by atoms with Crippen LogP contribution in [-0.4, -0.2) is 42.4 Å². The van der Waals surface area contributed by atoms with Gasteiger partial charge in [0, 0.05) is 32.1 Å². The molecule has 2 N–H and O–H groups in total. The van der Waals surface area contributed by atoms with Gasteiger partial charge in [0.25, 0.3) is 0 Å². The monoisotopic (exact) mass is 322 g/mol. The van der Waals surface area contributed by atoms with Crippen LogP contribution in [0.2, 0.25) is 0 Å². The van der Waals surface area contributed by atoms with Crippen LogP contribution in [0.15, 0.2) is 34.9 Å². The summed E-state index contributed by atoms with van der Waals surface area (Å²) in [7, 11) is 1.48. The molecular formula is C16H19FN2O4. The molecule has 124 valence electrons. The molecule has 0 bridgehead atoms. The van der Waals surface area contributed by atoms with Crippen molar-refractivity contribution in [2.45, 2.75) is 18.9 Å². The van der Waals surface area contributed by atoms with Crippen LogP contribution in [0, 0.1) is 5.82 Å². The third-order valence-electron chi connectivity index (χ3n) is 3.14. The van der Waals surface area contributed by atoms with E-state index in [-0.39, 0.29) is 31.3 Å². The molecule has 0 saturated carbocycles.